The van der Waals surface area contributed by atoms with Crippen LogP contribution >= 0.6 is 0 Å². The quantitative estimate of drug-likeness (QED) is 0.549. The monoisotopic (exact) mass is 374 g/mol. The summed E-state index contributed by atoms with van der Waals surface area (Å²) in [5.74, 6) is -0.364. The van der Waals surface area contributed by atoms with Crippen molar-refractivity contribution in [3.63, 3.8) is 0 Å². The number of fused-ring (bicyclic) bond motifs is 2. The standard InChI is InChI=1S/C24H26N2O2/c1-6-19-14(2)21-12-20-22(17(5)26(21)16(19)4)15(3)23(25-20)24(27)28-13-18-10-8-7-9-11-18/h7-12,16H,6,13H2,1-5H3. The van der Waals surface area contributed by atoms with Crippen LogP contribution in [-0.4, -0.2) is 15.5 Å². The lowest BCUT2D eigenvalue weighted by Gasteiger charge is -2.20. The molecule has 144 valence electrons. The maximum Gasteiger partial charge on any atom is 0.357 e. The number of allylic oxidation sites excluding steroid dienone is 2. The van der Waals surface area contributed by atoms with E-state index >= 15 is 0 Å². The van der Waals surface area contributed by atoms with Crippen molar-refractivity contribution in [3.8, 4) is 11.3 Å². The molecule has 28 heavy (non-hydrogen) atoms. The Balaban J connectivity index is 1.72. The van der Waals surface area contributed by atoms with Crippen molar-refractivity contribution in [3.05, 3.63) is 70.2 Å². The fourth-order valence-electron chi connectivity index (χ4n) is 4.60. The number of esters is 1. The molecule has 3 heterocycles. The summed E-state index contributed by atoms with van der Waals surface area (Å²) < 4.78 is 7.90. The SMILES string of the molecule is CCC1=C(C)c2cc3nc(C(=O)OCc4ccccc4)c(C)c-3c(C)n2C1C. The van der Waals surface area contributed by atoms with Gasteiger partial charge in [-0.15, -0.1) is 0 Å². The molecule has 0 radical (unpaired) electrons. The van der Waals surface area contributed by atoms with Crippen LogP contribution in [-0.2, 0) is 11.3 Å². The molecule has 3 aliphatic rings. The van der Waals surface area contributed by atoms with Gasteiger partial charge in [0.1, 0.15) is 6.61 Å². The van der Waals surface area contributed by atoms with Crippen LogP contribution in [0.2, 0.25) is 0 Å². The van der Waals surface area contributed by atoms with Gasteiger partial charge in [0.05, 0.1) is 11.7 Å². The molecule has 1 aromatic carbocycles. The first-order valence-corrected chi connectivity index (χ1v) is 9.87. The summed E-state index contributed by atoms with van der Waals surface area (Å²) in [6, 6.07) is 12.2. The summed E-state index contributed by atoms with van der Waals surface area (Å²) >= 11 is 0. The van der Waals surface area contributed by atoms with Gasteiger partial charge in [-0.05, 0) is 62.5 Å². The summed E-state index contributed by atoms with van der Waals surface area (Å²) in [5, 5.41) is 0. The Morgan fingerprint density at radius 3 is 2.57 bits per heavy atom. The van der Waals surface area contributed by atoms with Gasteiger partial charge >= 0.3 is 5.97 Å². The molecule has 1 atom stereocenters. The number of aromatic nitrogens is 2. The second-order valence-electron chi connectivity index (χ2n) is 7.57. The number of hydrogen-bond donors (Lipinski definition) is 0. The molecule has 0 saturated carbocycles. The van der Waals surface area contributed by atoms with E-state index in [0.29, 0.717) is 11.7 Å². The Kier molecular flexibility index (Phi) is 4.58. The molecule has 0 aliphatic carbocycles. The van der Waals surface area contributed by atoms with E-state index in [0.717, 1.165) is 34.5 Å². The average Bonchev–Trinajstić information content (AvgIpc) is 3.15. The molecule has 4 heteroatoms. The third kappa shape index (κ3) is 2.75. The van der Waals surface area contributed by atoms with E-state index in [4.69, 9.17) is 4.74 Å². The van der Waals surface area contributed by atoms with E-state index in [1.165, 1.54) is 16.8 Å². The van der Waals surface area contributed by atoms with E-state index < -0.39 is 0 Å². The van der Waals surface area contributed by atoms with E-state index in [-0.39, 0.29) is 12.6 Å². The molecule has 3 aliphatic heterocycles. The molecule has 0 fully saturated rings. The van der Waals surface area contributed by atoms with E-state index in [1.807, 2.05) is 37.3 Å². The summed E-state index contributed by atoms with van der Waals surface area (Å²) in [6.45, 7) is 11.0. The fourth-order valence-corrected chi connectivity index (χ4v) is 4.60. The summed E-state index contributed by atoms with van der Waals surface area (Å²) in [6.07, 6.45) is 1.04. The highest BCUT2D eigenvalue weighted by atomic mass is 16.5. The lowest BCUT2D eigenvalue weighted by atomic mass is 10.0. The first-order chi connectivity index (χ1) is 13.4. The van der Waals surface area contributed by atoms with Crippen LogP contribution in [0.25, 0.3) is 16.8 Å². The van der Waals surface area contributed by atoms with Gasteiger partial charge in [-0.3, -0.25) is 0 Å². The number of pyridine rings is 1. The zero-order valence-electron chi connectivity index (χ0n) is 17.2. The lowest BCUT2D eigenvalue weighted by Crippen LogP contribution is -2.10. The van der Waals surface area contributed by atoms with E-state index in [1.54, 1.807) is 0 Å². The van der Waals surface area contributed by atoms with Crippen molar-refractivity contribution in [2.75, 3.05) is 0 Å². The normalized spacial score (nSPS) is 16.0. The molecule has 4 nitrogen and oxygen atoms in total. The van der Waals surface area contributed by atoms with Gasteiger partial charge in [0.2, 0.25) is 0 Å². The maximum absolute atomic E-state index is 12.7. The molecule has 0 N–H and O–H groups in total. The highest BCUT2D eigenvalue weighted by Gasteiger charge is 2.31. The fraction of sp³-hybridized carbons (Fsp3) is 0.333. The highest BCUT2D eigenvalue weighted by Crippen LogP contribution is 2.43. The minimum Gasteiger partial charge on any atom is -0.456 e. The van der Waals surface area contributed by atoms with Crippen LogP contribution in [0.5, 0.6) is 0 Å². The number of ether oxygens (including phenoxy) is 1. The van der Waals surface area contributed by atoms with Gasteiger partial charge in [-0.1, -0.05) is 37.3 Å². The topological polar surface area (TPSA) is 44.1 Å². The zero-order chi connectivity index (χ0) is 20.0. The Morgan fingerprint density at radius 2 is 1.89 bits per heavy atom. The van der Waals surface area contributed by atoms with Crippen LogP contribution in [0.4, 0.5) is 0 Å². The molecule has 1 unspecified atom stereocenters. The molecular formula is C24H26N2O2. The Labute approximate surface area is 166 Å². The third-order valence-corrected chi connectivity index (χ3v) is 6.02. The minimum absolute atomic E-state index is 0.255. The second kappa shape index (κ2) is 6.93. The van der Waals surface area contributed by atoms with Crippen molar-refractivity contribution < 1.29 is 9.53 Å². The van der Waals surface area contributed by atoms with Crippen LogP contribution < -0.4 is 0 Å². The molecule has 0 bridgehead atoms. The summed E-state index contributed by atoms with van der Waals surface area (Å²) in [5.41, 5.74) is 9.39. The Hall–Kier alpha value is -2.88. The first-order valence-electron chi connectivity index (χ1n) is 9.87. The zero-order valence-corrected chi connectivity index (χ0v) is 17.2. The van der Waals surface area contributed by atoms with E-state index in [9.17, 15) is 4.79 Å². The van der Waals surface area contributed by atoms with Gasteiger partial charge in [-0.25, -0.2) is 9.78 Å². The lowest BCUT2D eigenvalue weighted by molar-refractivity contribution is 0.0466. The largest absolute Gasteiger partial charge is 0.456 e. The van der Waals surface area contributed by atoms with Gasteiger partial charge in [0, 0.05) is 17.0 Å². The first kappa shape index (κ1) is 18.5. The summed E-state index contributed by atoms with van der Waals surface area (Å²) in [7, 11) is 0. The number of rotatable bonds is 4. The predicted octanol–water partition coefficient (Wildman–Crippen LogP) is 5.72. The maximum atomic E-state index is 12.7. The van der Waals surface area contributed by atoms with Crippen molar-refractivity contribution in [2.24, 2.45) is 0 Å². The summed E-state index contributed by atoms with van der Waals surface area (Å²) in [4.78, 5) is 17.4. The van der Waals surface area contributed by atoms with Crippen LogP contribution in [0, 0.1) is 13.8 Å². The van der Waals surface area contributed by atoms with E-state index in [2.05, 4.69) is 43.3 Å². The van der Waals surface area contributed by atoms with Gasteiger partial charge in [0.15, 0.2) is 5.69 Å². The number of carbonyl (C=O) groups is 1. The molecule has 0 amide bonds. The number of benzene rings is 1. The van der Waals surface area contributed by atoms with Crippen LogP contribution in [0.1, 0.15) is 66.2 Å². The van der Waals surface area contributed by atoms with Gasteiger partial charge in [0.25, 0.3) is 0 Å². The van der Waals surface area contributed by atoms with Gasteiger partial charge in [-0.2, -0.15) is 0 Å². The number of nitrogens with zero attached hydrogens (tertiary/aromatic N) is 2. The smallest absolute Gasteiger partial charge is 0.357 e. The number of carbonyl (C=O) groups excluding carboxylic acids is 1. The van der Waals surface area contributed by atoms with Gasteiger partial charge < -0.3 is 9.30 Å². The Morgan fingerprint density at radius 1 is 1.18 bits per heavy atom. The molecular weight excluding hydrogens is 348 g/mol. The molecule has 1 aromatic rings. The van der Waals surface area contributed by atoms with Crippen molar-refractivity contribution in [1.82, 2.24) is 9.55 Å². The minimum atomic E-state index is -0.364. The Bertz CT molecular complexity index is 1060. The average molecular weight is 374 g/mol. The third-order valence-electron chi connectivity index (χ3n) is 6.02. The highest BCUT2D eigenvalue weighted by molar-refractivity contribution is 5.94. The molecule has 0 saturated heterocycles. The molecule has 4 rings (SSSR count). The van der Waals surface area contributed by atoms with Crippen molar-refractivity contribution in [2.45, 2.75) is 53.7 Å². The van der Waals surface area contributed by atoms with Crippen molar-refractivity contribution >= 4 is 11.5 Å². The van der Waals surface area contributed by atoms with Crippen LogP contribution in [0.3, 0.4) is 0 Å². The second-order valence-corrected chi connectivity index (χ2v) is 7.57. The molecule has 0 aromatic heterocycles. The number of hydrogen-bond acceptors (Lipinski definition) is 3. The molecule has 0 spiro atoms. The van der Waals surface area contributed by atoms with Crippen molar-refractivity contribution in [1.29, 1.82) is 0 Å². The predicted molar refractivity (Wildman–Crippen MR) is 111 cm³/mol. The van der Waals surface area contributed by atoms with Crippen LogP contribution in [0.15, 0.2) is 42.0 Å².